The zero-order valence-electron chi connectivity index (χ0n) is 17.2. The fraction of sp³-hybridized carbons (Fsp3) is 0.391. The number of nitrogens with one attached hydrogen (secondary N) is 3. The van der Waals surface area contributed by atoms with Crippen LogP contribution in [0.2, 0.25) is 0 Å². The van der Waals surface area contributed by atoms with Crippen LogP contribution in [0.4, 0.5) is 5.69 Å². The number of anilines is 1. The van der Waals surface area contributed by atoms with E-state index in [0.29, 0.717) is 19.7 Å². The van der Waals surface area contributed by atoms with E-state index >= 15 is 0 Å². The molecule has 2 aromatic carbocycles. The molecular formula is C23H30N4O2. The lowest BCUT2D eigenvalue weighted by atomic mass is 10.1. The monoisotopic (exact) mass is 394 g/mol. The highest BCUT2D eigenvalue weighted by Crippen LogP contribution is 2.16. The number of aryl methyl sites for hydroxylation is 1. The van der Waals surface area contributed by atoms with E-state index in [0.717, 1.165) is 36.6 Å². The summed E-state index contributed by atoms with van der Waals surface area (Å²) in [7, 11) is 0. The third-order valence-corrected chi connectivity index (χ3v) is 4.76. The van der Waals surface area contributed by atoms with Crippen LogP contribution in [0.3, 0.4) is 0 Å². The highest BCUT2D eigenvalue weighted by Gasteiger charge is 2.23. The molecule has 6 nitrogen and oxygen atoms in total. The first kappa shape index (κ1) is 20.9. The Kier molecular flexibility index (Phi) is 7.64. The number of benzene rings is 2. The summed E-state index contributed by atoms with van der Waals surface area (Å²) >= 11 is 0. The first-order valence-corrected chi connectivity index (χ1v) is 10.2. The molecule has 29 heavy (non-hydrogen) atoms. The van der Waals surface area contributed by atoms with E-state index < -0.39 is 0 Å². The molecule has 3 rings (SSSR count). The summed E-state index contributed by atoms with van der Waals surface area (Å²) < 4.78 is 5.44. The van der Waals surface area contributed by atoms with Gasteiger partial charge in [-0.25, -0.2) is 4.99 Å². The number of nitrogens with zero attached hydrogens (tertiary/aromatic N) is 1. The molecule has 1 amide bonds. The molecule has 2 aromatic rings. The van der Waals surface area contributed by atoms with Crippen molar-refractivity contribution in [1.29, 1.82) is 0 Å². The molecule has 0 spiro atoms. The van der Waals surface area contributed by atoms with Crippen LogP contribution in [0, 0.1) is 6.92 Å². The minimum atomic E-state index is -0.331. The number of carbonyl (C=O) groups excluding carboxylic acids is 1. The van der Waals surface area contributed by atoms with E-state index in [1.165, 1.54) is 11.1 Å². The lowest BCUT2D eigenvalue weighted by Gasteiger charge is -2.13. The topological polar surface area (TPSA) is 74.8 Å². The maximum Gasteiger partial charge on any atom is 0.253 e. The summed E-state index contributed by atoms with van der Waals surface area (Å²) in [4.78, 5) is 16.9. The zero-order chi connectivity index (χ0) is 20.5. The molecule has 0 radical (unpaired) electrons. The number of hydrogen-bond acceptors (Lipinski definition) is 3. The van der Waals surface area contributed by atoms with Gasteiger partial charge in [0.1, 0.15) is 6.10 Å². The van der Waals surface area contributed by atoms with E-state index in [4.69, 9.17) is 4.74 Å². The van der Waals surface area contributed by atoms with Gasteiger partial charge in [0.05, 0.1) is 6.54 Å². The van der Waals surface area contributed by atoms with Crippen molar-refractivity contribution in [1.82, 2.24) is 10.6 Å². The predicted octanol–water partition coefficient (Wildman–Crippen LogP) is 3.37. The van der Waals surface area contributed by atoms with Gasteiger partial charge in [0.15, 0.2) is 5.96 Å². The molecule has 0 aliphatic carbocycles. The summed E-state index contributed by atoms with van der Waals surface area (Å²) in [5.74, 6) is 0.693. The van der Waals surface area contributed by atoms with Gasteiger partial charge in [-0.15, -0.1) is 0 Å². The molecule has 1 aliphatic rings. The molecule has 0 aromatic heterocycles. The summed E-state index contributed by atoms with van der Waals surface area (Å²) in [5, 5.41) is 9.58. The minimum Gasteiger partial charge on any atom is -0.368 e. The Balaban J connectivity index is 1.58. The number of carbonyl (C=O) groups is 1. The highest BCUT2D eigenvalue weighted by atomic mass is 16.5. The van der Waals surface area contributed by atoms with Crippen LogP contribution in [0.1, 0.15) is 36.5 Å². The van der Waals surface area contributed by atoms with Crippen molar-refractivity contribution in [2.24, 2.45) is 4.99 Å². The van der Waals surface area contributed by atoms with Gasteiger partial charge in [-0.2, -0.15) is 0 Å². The number of amides is 1. The molecule has 6 heteroatoms. The molecule has 1 unspecified atom stereocenters. The van der Waals surface area contributed by atoms with Crippen LogP contribution in [-0.4, -0.2) is 31.1 Å². The van der Waals surface area contributed by atoms with Crippen molar-refractivity contribution in [2.45, 2.75) is 45.9 Å². The molecule has 1 aliphatic heterocycles. The van der Waals surface area contributed by atoms with Crippen LogP contribution >= 0.6 is 0 Å². The molecule has 3 N–H and O–H groups in total. The van der Waals surface area contributed by atoms with Gasteiger partial charge in [0.2, 0.25) is 0 Å². The van der Waals surface area contributed by atoms with Crippen LogP contribution < -0.4 is 16.0 Å². The summed E-state index contributed by atoms with van der Waals surface area (Å²) in [6.07, 6.45) is 1.40. The Bertz CT molecular complexity index is 827. The predicted molar refractivity (Wildman–Crippen MR) is 117 cm³/mol. The lowest BCUT2D eigenvalue weighted by molar-refractivity contribution is -0.124. The van der Waals surface area contributed by atoms with Crippen LogP contribution in [0.5, 0.6) is 0 Å². The quantitative estimate of drug-likeness (QED) is 0.497. The van der Waals surface area contributed by atoms with Gasteiger partial charge in [-0.1, -0.05) is 42.0 Å². The number of rotatable bonds is 7. The van der Waals surface area contributed by atoms with Gasteiger partial charge in [0, 0.05) is 25.4 Å². The maximum atomic E-state index is 12.2. The number of aliphatic imine (C=N–C) groups is 1. The van der Waals surface area contributed by atoms with Gasteiger partial charge < -0.3 is 20.7 Å². The number of hydrogen-bond donors (Lipinski definition) is 3. The molecule has 0 bridgehead atoms. The normalized spacial score (nSPS) is 16.5. The Morgan fingerprint density at radius 2 is 1.97 bits per heavy atom. The molecule has 154 valence electrons. The molecule has 1 atom stereocenters. The maximum absolute atomic E-state index is 12.2. The fourth-order valence-corrected chi connectivity index (χ4v) is 3.16. The lowest BCUT2D eigenvalue weighted by Crippen LogP contribution is -2.36. The van der Waals surface area contributed by atoms with Gasteiger partial charge in [-0.3, -0.25) is 4.79 Å². The first-order valence-electron chi connectivity index (χ1n) is 10.2. The largest absolute Gasteiger partial charge is 0.368 e. The van der Waals surface area contributed by atoms with Gasteiger partial charge in [-0.05, 0) is 49.9 Å². The minimum absolute atomic E-state index is 0.0729. The smallest absolute Gasteiger partial charge is 0.253 e. The molecule has 1 saturated heterocycles. The third-order valence-electron chi connectivity index (χ3n) is 4.76. The van der Waals surface area contributed by atoms with Crippen LogP contribution in [0.25, 0.3) is 0 Å². The summed E-state index contributed by atoms with van der Waals surface area (Å²) in [6, 6.07) is 16.2. The second-order valence-electron chi connectivity index (χ2n) is 7.23. The molecule has 0 saturated carbocycles. The summed E-state index contributed by atoms with van der Waals surface area (Å²) in [6.45, 7) is 6.81. The number of ether oxygens (including phenoxy) is 1. The Hall–Kier alpha value is -2.86. The highest BCUT2D eigenvalue weighted by molar-refractivity contribution is 5.94. The second-order valence-corrected chi connectivity index (χ2v) is 7.23. The van der Waals surface area contributed by atoms with E-state index in [-0.39, 0.29) is 12.0 Å². The van der Waals surface area contributed by atoms with Gasteiger partial charge >= 0.3 is 0 Å². The van der Waals surface area contributed by atoms with Crippen molar-refractivity contribution >= 4 is 17.6 Å². The third kappa shape index (κ3) is 6.61. The molecule has 1 fully saturated rings. The van der Waals surface area contributed by atoms with Gasteiger partial charge in [0.25, 0.3) is 5.91 Å². The Morgan fingerprint density at radius 1 is 1.14 bits per heavy atom. The van der Waals surface area contributed by atoms with E-state index in [9.17, 15) is 4.79 Å². The van der Waals surface area contributed by atoms with E-state index in [1.54, 1.807) is 0 Å². The number of guanidine groups is 1. The van der Waals surface area contributed by atoms with Crippen molar-refractivity contribution in [3.05, 3.63) is 65.2 Å². The van der Waals surface area contributed by atoms with E-state index in [1.807, 2.05) is 31.2 Å². The van der Waals surface area contributed by atoms with Crippen molar-refractivity contribution in [3.63, 3.8) is 0 Å². The standard InChI is InChI=1S/C23H30N4O2/c1-3-24-23(25-15-18-11-9-17(2)10-12-18)26-16-19-6-4-7-20(14-19)27-22(28)21-8-5-13-29-21/h4,6-7,9-12,14,21H,3,5,8,13,15-16H2,1-2H3,(H,27,28)(H2,24,25,26). The van der Waals surface area contributed by atoms with Crippen molar-refractivity contribution in [3.8, 4) is 0 Å². The molecule has 1 heterocycles. The Morgan fingerprint density at radius 3 is 2.69 bits per heavy atom. The van der Waals surface area contributed by atoms with Crippen LogP contribution in [0.15, 0.2) is 53.5 Å². The average molecular weight is 395 g/mol. The van der Waals surface area contributed by atoms with Crippen LogP contribution in [-0.2, 0) is 22.6 Å². The fourth-order valence-electron chi connectivity index (χ4n) is 3.16. The summed E-state index contributed by atoms with van der Waals surface area (Å²) in [5.41, 5.74) is 4.26. The zero-order valence-corrected chi connectivity index (χ0v) is 17.2. The molecular weight excluding hydrogens is 364 g/mol. The SMILES string of the molecule is CCNC(=NCc1cccc(NC(=O)C2CCCO2)c1)NCc1ccc(C)cc1. The second kappa shape index (κ2) is 10.6. The van der Waals surface area contributed by atoms with Crippen molar-refractivity contribution in [2.75, 3.05) is 18.5 Å². The Labute approximate surface area is 172 Å². The van der Waals surface area contributed by atoms with Crippen molar-refractivity contribution < 1.29 is 9.53 Å². The first-order chi connectivity index (χ1) is 14.1. The average Bonchev–Trinajstić information content (AvgIpc) is 3.27. The van der Waals surface area contributed by atoms with E-state index in [2.05, 4.69) is 52.1 Å².